The molecule has 0 saturated heterocycles. The molecular weight excluding hydrogens is 238 g/mol. The van der Waals surface area contributed by atoms with Crippen LogP contribution in [0.2, 0.25) is 0 Å². The second-order valence-corrected chi connectivity index (χ2v) is 4.20. The van der Waals surface area contributed by atoms with Gasteiger partial charge in [-0.3, -0.25) is 9.78 Å². The standard InChI is InChI=1S/C16H17NO2/c1-3-16(18)13-7-5-6-12(8-13)14-9-15(19-4-2)11-17-10-14/h5-11H,3-4H2,1-2H3. The maximum absolute atomic E-state index is 11.7. The number of carbonyl (C=O) groups is 1. The van der Waals surface area contributed by atoms with Crippen LogP contribution in [0.1, 0.15) is 30.6 Å². The minimum atomic E-state index is 0.149. The second-order valence-electron chi connectivity index (χ2n) is 4.20. The molecule has 1 heterocycles. The number of nitrogens with zero attached hydrogens (tertiary/aromatic N) is 1. The van der Waals surface area contributed by atoms with Gasteiger partial charge in [0.1, 0.15) is 5.75 Å². The molecule has 0 N–H and O–H groups in total. The van der Waals surface area contributed by atoms with Gasteiger partial charge in [0.05, 0.1) is 12.8 Å². The van der Waals surface area contributed by atoms with Crippen LogP contribution in [-0.4, -0.2) is 17.4 Å². The molecule has 3 nitrogen and oxygen atoms in total. The van der Waals surface area contributed by atoms with Crippen molar-refractivity contribution in [3.05, 3.63) is 48.3 Å². The molecule has 98 valence electrons. The number of aromatic nitrogens is 1. The Bertz CT molecular complexity index is 578. The van der Waals surface area contributed by atoms with Gasteiger partial charge in [0.15, 0.2) is 5.78 Å². The van der Waals surface area contributed by atoms with Crippen LogP contribution in [0.5, 0.6) is 5.75 Å². The van der Waals surface area contributed by atoms with Crippen LogP contribution in [0.3, 0.4) is 0 Å². The molecule has 1 aromatic carbocycles. The van der Waals surface area contributed by atoms with E-state index in [0.717, 1.165) is 22.4 Å². The van der Waals surface area contributed by atoms with Crippen LogP contribution in [0.25, 0.3) is 11.1 Å². The van der Waals surface area contributed by atoms with E-state index >= 15 is 0 Å². The Hall–Kier alpha value is -2.16. The number of Topliss-reactive ketones (excluding diaryl/α,β-unsaturated/α-hetero) is 1. The molecular formula is C16H17NO2. The van der Waals surface area contributed by atoms with Gasteiger partial charge in [-0.15, -0.1) is 0 Å². The zero-order valence-electron chi connectivity index (χ0n) is 11.2. The van der Waals surface area contributed by atoms with E-state index in [0.29, 0.717) is 13.0 Å². The van der Waals surface area contributed by atoms with E-state index in [1.165, 1.54) is 0 Å². The third kappa shape index (κ3) is 3.19. The Morgan fingerprint density at radius 3 is 2.74 bits per heavy atom. The number of benzene rings is 1. The van der Waals surface area contributed by atoms with Crippen molar-refractivity contribution in [1.29, 1.82) is 0 Å². The molecule has 0 spiro atoms. The van der Waals surface area contributed by atoms with E-state index in [1.807, 2.05) is 44.2 Å². The minimum absolute atomic E-state index is 0.149. The molecule has 0 bridgehead atoms. The van der Waals surface area contributed by atoms with Crippen molar-refractivity contribution in [3.63, 3.8) is 0 Å². The molecule has 2 rings (SSSR count). The second kappa shape index (κ2) is 6.14. The van der Waals surface area contributed by atoms with Crippen molar-refractivity contribution in [2.45, 2.75) is 20.3 Å². The first kappa shape index (κ1) is 13.3. The minimum Gasteiger partial charge on any atom is -0.492 e. The largest absolute Gasteiger partial charge is 0.492 e. The first-order valence-corrected chi connectivity index (χ1v) is 6.46. The molecule has 2 aromatic rings. The number of hydrogen-bond acceptors (Lipinski definition) is 3. The number of rotatable bonds is 5. The van der Waals surface area contributed by atoms with Crippen molar-refractivity contribution >= 4 is 5.78 Å². The van der Waals surface area contributed by atoms with Crippen molar-refractivity contribution < 1.29 is 9.53 Å². The number of pyridine rings is 1. The fraction of sp³-hybridized carbons (Fsp3) is 0.250. The van der Waals surface area contributed by atoms with Crippen LogP contribution in [0.15, 0.2) is 42.7 Å². The Kier molecular flexibility index (Phi) is 4.29. The Balaban J connectivity index is 2.36. The molecule has 1 aromatic heterocycles. The average molecular weight is 255 g/mol. The first-order chi connectivity index (χ1) is 9.24. The predicted octanol–water partition coefficient (Wildman–Crippen LogP) is 3.74. The van der Waals surface area contributed by atoms with Gasteiger partial charge in [0.2, 0.25) is 0 Å². The third-order valence-electron chi connectivity index (χ3n) is 2.86. The van der Waals surface area contributed by atoms with Gasteiger partial charge in [0, 0.05) is 23.7 Å². The van der Waals surface area contributed by atoms with Crippen LogP contribution in [0, 0.1) is 0 Å². The first-order valence-electron chi connectivity index (χ1n) is 6.46. The highest BCUT2D eigenvalue weighted by Crippen LogP contribution is 2.23. The summed E-state index contributed by atoms with van der Waals surface area (Å²) in [6.45, 7) is 4.42. The lowest BCUT2D eigenvalue weighted by Crippen LogP contribution is -1.96. The summed E-state index contributed by atoms with van der Waals surface area (Å²) in [6, 6.07) is 9.55. The molecule has 19 heavy (non-hydrogen) atoms. The van der Waals surface area contributed by atoms with Crippen molar-refractivity contribution in [2.75, 3.05) is 6.61 Å². The lowest BCUT2D eigenvalue weighted by Gasteiger charge is -2.07. The molecule has 0 aliphatic rings. The highest BCUT2D eigenvalue weighted by Gasteiger charge is 2.06. The molecule has 0 atom stereocenters. The van der Waals surface area contributed by atoms with E-state index in [2.05, 4.69) is 4.98 Å². The molecule has 0 radical (unpaired) electrons. The van der Waals surface area contributed by atoms with Gasteiger partial charge < -0.3 is 4.74 Å². The Morgan fingerprint density at radius 2 is 2.00 bits per heavy atom. The summed E-state index contributed by atoms with van der Waals surface area (Å²) in [4.78, 5) is 15.9. The summed E-state index contributed by atoms with van der Waals surface area (Å²) in [5.74, 6) is 0.892. The number of carbonyl (C=O) groups excluding carboxylic acids is 1. The monoisotopic (exact) mass is 255 g/mol. The quantitative estimate of drug-likeness (QED) is 0.764. The average Bonchev–Trinajstić information content (AvgIpc) is 2.47. The Labute approximate surface area is 113 Å². The van der Waals surface area contributed by atoms with Crippen LogP contribution in [0.4, 0.5) is 0 Å². The summed E-state index contributed by atoms with van der Waals surface area (Å²) < 4.78 is 5.44. The summed E-state index contributed by atoms with van der Waals surface area (Å²) in [6.07, 6.45) is 3.98. The lowest BCUT2D eigenvalue weighted by atomic mass is 10.0. The van der Waals surface area contributed by atoms with Crippen LogP contribution >= 0.6 is 0 Å². The third-order valence-corrected chi connectivity index (χ3v) is 2.86. The maximum atomic E-state index is 11.7. The van der Waals surface area contributed by atoms with Gasteiger partial charge in [-0.1, -0.05) is 25.1 Å². The highest BCUT2D eigenvalue weighted by atomic mass is 16.5. The van der Waals surface area contributed by atoms with E-state index < -0.39 is 0 Å². The maximum Gasteiger partial charge on any atom is 0.162 e. The molecule has 0 fully saturated rings. The van der Waals surface area contributed by atoms with Crippen molar-refractivity contribution in [3.8, 4) is 16.9 Å². The van der Waals surface area contributed by atoms with Gasteiger partial charge in [-0.2, -0.15) is 0 Å². The van der Waals surface area contributed by atoms with Crippen LogP contribution < -0.4 is 4.74 Å². The number of ether oxygens (including phenoxy) is 1. The number of hydrogen-bond donors (Lipinski definition) is 0. The van der Waals surface area contributed by atoms with E-state index in [4.69, 9.17) is 4.74 Å². The van der Waals surface area contributed by atoms with E-state index in [9.17, 15) is 4.79 Å². The predicted molar refractivity (Wildman–Crippen MR) is 75.5 cm³/mol. The number of ketones is 1. The van der Waals surface area contributed by atoms with Crippen molar-refractivity contribution in [2.24, 2.45) is 0 Å². The fourth-order valence-corrected chi connectivity index (χ4v) is 1.90. The molecule has 3 heteroatoms. The lowest BCUT2D eigenvalue weighted by molar-refractivity contribution is 0.0988. The summed E-state index contributed by atoms with van der Waals surface area (Å²) >= 11 is 0. The normalized spacial score (nSPS) is 10.2. The summed E-state index contributed by atoms with van der Waals surface area (Å²) in [7, 11) is 0. The van der Waals surface area contributed by atoms with Crippen LogP contribution in [-0.2, 0) is 0 Å². The molecule has 0 amide bonds. The molecule has 0 aliphatic carbocycles. The van der Waals surface area contributed by atoms with E-state index in [-0.39, 0.29) is 5.78 Å². The smallest absolute Gasteiger partial charge is 0.162 e. The topological polar surface area (TPSA) is 39.2 Å². The SMILES string of the molecule is CCOc1cncc(-c2cccc(C(=O)CC)c2)c1. The molecule has 0 saturated carbocycles. The fourth-order valence-electron chi connectivity index (χ4n) is 1.90. The zero-order chi connectivity index (χ0) is 13.7. The summed E-state index contributed by atoms with van der Waals surface area (Å²) in [5.41, 5.74) is 2.67. The molecule has 0 unspecified atom stereocenters. The van der Waals surface area contributed by atoms with Gasteiger partial charge in [-0.05, 0) is 24.6 Å². The van der Waals surface area contributed by atoms with Gasteiger partial charge >= 0.3 is 0 Å². The molecule has 0 aliphatic heterocycles. The van der Waals surface area contributed by atoms with Gasteiger partial charge in [-0.25, -0.2) is 0 Å². The summed E-state index contributed by atoms with van der Waals surface area (Å²) in [5, 5.41) is 0. The van der Waals surface area contributed by atoms with E-state index in [1.54, 1.807) is 12.4 Å². The van der Waals surface area contributed by atoms with Gasteiger partial charge in [0.25, 0.3) is 0 Å². The highest BCUT2D eigenvalue weighted by molar-refractivity contribution is 5.96. The Morgan fingerprint density at radius 1 is 1.16 bits per heavy atom. The zero-order valence-corrected chi connectivity index (χ0v) is 11.2. The van der Waals surface area contributed by atoms with Crippen molar-refractivity contribution in [1.82, 2.24) is 4.98 Å².